The minimum atomic E-state index is -0.291. The van der Waals surface area contributed by atoms with Crippen molar-refractivity contribution in [3.05, 3.63) is 34.7 Å². The van der Waals surface area contributed by atoms with Gasteiger partial charge in [-0.05, 0) is 22.0 Å². The number of anilines is 2. The molecule has 7 nitrogen and oxygen atoms in total. The van der Waals surface area contributed by atoms with E-state index in [1.54, 1.807) is 17.2 Å². The van der Waals surface area contributed by atoms with Crippen LogP contribution >= 0.6 is 15.9 Å². The van der Waals surface area contributed by atoms with E-state index in [2.05, 4.69) is 36.2 Å². The van der Waals surface area contributed by atoms with Crippen LogP contribution in [0.5, 0.6) is 6.01 Å². The van der Waals surface area contributed by atoms with Gasteiger partial charge in [0.2, 0.25) is 0 Å². The molecule has 0 aromatic carbocycles. The normalized spacial score (nSPS) is 10.1. The summed E-state index contributed by atoms with van der Waals surface area (Å²) in [4.78, 5) is 26.2. The van der Waals surface area contributed by atoms with Gasteiger partial charge in [-0.15, -0.1) is 0 Å². The van der Waals surface area contributed by atoms with Crippen molar-refractivity contribution in [2.45, 2.75) is 0 Å². The molecule has 0 unspecified atom stereocenters. The number of rotatable bonds is 4. The van der Waals surface area contributed by atoms with Crippen LogP contribution in [0.2, 0.25) is 0 Å². The number of halogens is 1. The molecule has 0 radical (unpaired) electrons. The van der Waals surface area contributed by atoms with Crippen LogP contribution in [0.1, 0.15) is 10.4 Å². The molecule has 2 heterocycles. The smallest absolute Gasteiger partial charge is 0.318 e. The highest BCUT2D eigenvalue weighted by atomic mass is 79.9. The first-order valence-electron chi connectivity index (χ1n) is 6.01. The van der Waals surface area contributed by atoms with Gasteiger partial charge in [-0.1, -0.05) is 0 Å². The Labute approximate surface area is 130 Å². The average molecular weight is 352 g/mol. The topological polar surface area (TPSA) is 80.2 Å². The quantitative estimate of drug-likeness (QED) is 0.906. The predicted octanol–water partition coefficient (Wildman–Crippen LogP) is 1.96. The van der Waals surface area contributed by atoms with Crippen molar-refractivity contribution >= 4 is 33.3 Å². The molecule has 110 valence electrons. The third-order valence-corrected chi connectivity index (χ3v) is 3.00. The Hall–Kier alpha value is -2.22. The molecule has 0 saturated carbocycles. The highest BCUT2D eigenvalue weighted by molar-refractivity contribution is 9.10. The van der Waals surface area contributed by atoms with Crippen molar-refractivity contribution in [2.75, 3.05) is 31.4 Å². The second-order valence-electron chi connectivity index (χ2n) is 4.33. The third kappa shape index (κ3) is 3.66. The van der Waals surface area contributed by atoms with Crippen LogP contribution in [0, 0.1) is 0 Å². The van der Waals surface area contributed by atoms with Gasteiger partial charge >= 0.3 is 6.01 Å². The summed E-state index contributed by atoms with van der Waals surface area (Å²) in [6.45, 7) is 0. The summed E-state index contributed by atoms with van der Waals surface area (Å²) in [7, 11) is 5.12. The second-order valence-corrected chi connectivity index (χ2v) is 5.25. The molecule has 2 rings (SSSR count). The molecule has 0 spiro atoms. The lowest BCUT2D eigenvalue weighted by Gasteiger charge is -2.16. The van der Waals surface area contributed by atoms with Crippen LogP contribution in [0.4, 0.5) is 11.5 Å². The second kappa shape index (κ2) is 6.49. The Morgan fingerprint density at radius 2 is 2.10 bits per heavy atom. The number of nitrogens with one attached hydrogen (secondary N) is 1. The van der Waals surface area contributed by atoms with Crippen LogP contribution in [0.3, 0.4) is 0 Å². The molecule has 2 aromatic heterocycles. The van der Waals surface area contributed by atoms with Crippen LogP contribution < -0.4 is 15.0 Å². The molecular weight excluding hydrogens is 338 g/mol. The van der Waals surface area contributed by atoms with Gasteiger partial charge in [-0.25, -0.2) is 4.98 Å². The summed E-state index contributed by atoms with van der Waals surface area (Å²) in [5.41, 5.74) is 0.927. The summed E-state index contributed by atoms with van der Waals surface area (Å²) in [5, 5.41) is 2.76. The SMILES string of the molecule is COc1ncc(NC(=O)c2cncc(Br)c2)c(N(C)C)n1. The zero-order valence-corrected chi connectivity index (χ0v) is 13.4. The standard InChI is InChI=1S/C13H14BrN5O2/c1-19(2)11-10(7-16-13(18-11)21-3)17-12(20)8-4-9(14)6-15-5-8/h4-7H,1-3H3,(H,17,20). The van der Waals surface area contributed by atoms with E-state index in [9.17, 15) is 4.79 Å². The van der Waals surface area contributed by atoms with E-state index < -0.39 is 0 Å². The molecule has 0 aliphatic carbocycles. The van der Waals surface area contributed by atoms with Crippen molar-refractivity contribution in [2.24, 2.45) is 0 Å². The summed E-state index contributed by atoms with van der Waals surface area (Å²) in [5.74, 6) is 0.263. The number of carbonyl (C=O) groups is 1. The van der Waals surface area contributed by atoms with E-state index in [0.29, 0.717) is 17.1 Å². The van der Waals surface area contributed by atoms with Gasteiger partial charge in [-0.3, -0.25) is 9.78 Å². The molecule has 0 atom stereocenters. The van der Waals surface area contributed by atoms with Gasteiger partial charge in [0.05, 0.1) is 18.9 Å². The molecule has 8 heteroatoms. The molecule has 1 N–H and O–H groups in total. The first-order valence-corrected chi connectivity index (χ1v) is 6.81. The lowest BCUT2D eigenvalue weighted by atomic mass is 10.2. The van der Waals surface area contributed by atoms with Gasteiger partial charge < -0.3 is 15.0 Å². The molecule has 0 aliphatic rings. The summed E-state index contributed by atoms with van der Waals surface area (Å²) < 4.78 is 5.72. The lowest BCUT2D eigenvalue weighted by molar-refractivity contribution is 0.102. The Bertz CT molecular complexity index is 663. The van der Waals surface area contributed by atoms with Gasteiger partial charge in [0.1, 0.15) is 5.69 Å². The van der Waals surface area contributed by atoms with Crippen molar-refractivity contribution in [3.63, 3.8) is 0 Å². The van der Waals surface area contributed by atoms with Gasteiger partial charge in [-0.2, -0.15) is 4.98 Å². The van der Waals surface area contributed by atoms with E-state index in [-0.39, 0.29) is 11.9 Å². The number of ether oxygens (including phenoxy) is 1. The monoisotopic (exact) mass is 351 g/mol. The summed E-state index contributed by atoms with van der Waals surface area (Å²) in [6, 6.07) is 1.92. The first-order chi connectivity index (χ1) is 10.0. The van der Waals surface area contributed by atoms with Crippen molar-refractivity contribution < 1.29 is 9.53 Å². The fourth-order valence-corrected chi connectivity index (χ4v) is 1.98. The Morgan fingerprint density at radius 3 is 2.71 bits per heavy atom. The molecule has 1 amide bonds. The van der Waals surface area contributed by atoms with E-state index in [1.807, 2.05) is 14.1 Å². The van der Waals surface area contributed by atoms with E-state index in [1.165, 1.54) is 19.5 Å². The molecule has 0 aliphatic heterocycles. The molecule has 0 bridgehead atoms. The molecule has 0 fully saturated rings. The fraction of sp³-hybridized carbons (Fsp3) is 0.231. The molecule has 21 heavy (non-hydrogen) atoms. The first kappa shape index (κ1) is 15.2. The van der Waals surface area contributed by atoms with Crippen LogP contribution in [-0.2, 0) is 0 Å². The predicted molar refractivity (Wildman–Crippen MR) is 82.8 cm³/mol. The number of pyridine rings is 1. The largest absolute Gasteiger partial charge is 0.467 e. The van der Waals surface area contributed by atoms with Crippen molar-refractivity contribution in [1.29, 1.82) is 0 Å². The zero-order chi connectivity index (χ0) is 15.4. The number of hydrogen-bond acceptors (Lipinski definition) is 6. The maximum absolute atomic E-state index is 12.2. The Balaban J connectivity index is 2.28. The fourth-order valence-electron chi connectivity index (χ4n) is 1.62. The molecular formula is C13H14BrN5O2. The van der Waals surface area contributed by atoms with E-state index >= 15 is 0 Å². The highest BCUT2D eigenvalue weighted by Crippen LogP contribution is 2.23. The number of amides is 1. The minimum Gasteiger partial charge on any atom is -0.467 e. The van der Waals surface area contributed by atoms with Crippen LogP contribution in [0.15, 0.2) is 29.1 Å². The minimum absolute atomic E-state index is 0.237. The Morgan fingerprint density at radius 1 is 1.33 bits per heavy atom. The third-order valence-electron chi connectivity index (χ3n) is 2.57. The van der Waals surface area contributed by atoms with Crippen LogP contribution in [0.25, 0.3) is 0 Å². The molecule has 0 saturated heterocycles. The van der Waals surface area contributed by atoms with Crippen molar-refractivity contribution in [3.8, 4) is 6.01 Å². The van der Waals surface area contributed by atoms with Crippen LogP contribution in [-0.4, -0.2) is 42.1 Å². The number of nitrogens with zero attached hydrogens (tertiary/aromatic N) is 4. The number of aromatic nitrogens is 3. The van der Waals surface area contributed by atoms with Gasteiger partial charge in [0.25, 0.3) is 5.91 Å². The lowest BCUT2D eigenvalue weighted by Crippen LogP contribution is -2.18. The number of hydrogen-bond donors (Lipinski definition) is 1. The van der Waals surface area contributed by atoms with Crippen molar-refractivity contribution in [1.82, 2.24) is 15.0 Å². The summed E-state index contributed by atoms with van der Waals surface area (Å²) in [6.07, 6.45) is 4.60. The van der Waals surface area contributed by atoms with Gasteiger partial charge in [0.15, 0.2) is 5.82 Å². The zero-order valence-electron chi connectivity index (χ0n) is 11.8. The molecule has 2 aromatic rings. The Kier molecular flexibility index (Phi) is 4.69. The average Bonchev–Trinajstić information content (AvgIpc) is 2.47. The maximum atomic E-state index is 12.2. The van der Waals surface area contributed by atoms with E-state index in [0.717, 1.165) is 4.47 Å². The van der Waals surface area contributed by atoms with Gasteiger partial charge in [0, 0.05) is 31.0 Å². The van der Waals surface area contributed by atoms with E-state index in [4.69, 9.17) is 4.74 Å². The summed E-state index contributed by atoms with van der Waals surface area (Å²) >= 11 is 3.28. The number of carbonyl (C=O) groups excluding carboxylic acids is 1. The maximum Gasteiger partial charge on any atom is 0.318 e. The number of methoxy groups -OCH3 is 1. The highest BCUT2D eigenvalue weighted by Gasteiger charge is 2.14.